The molecule has 2 aromatic carbocycles. The highest BCUT2D eigenvalue weighted by Gasteiger charge is 2.38. The number of halogens is 4. The summed E-state index contributed by atoms with van der Waals surface area (Å²) in [6, 6.07) is 10.8. The van der Waals surface area contributed by atoms with Crippen molar-refractivity contribution in [2.24, 2.45) is 5.14 Å². The van der Waals surface area contributed by atoms with E-state index in [1.54, 1.807) is 18.2 Å². The summed E-state index contributed by atoms with van der Waals surface area (Å²) < 4.78 is 81.2. The lowest BCUT2D eigenvalue weighted by Gasteiger charge is -2.05. The summed E-state index contributed by atoms with van der Waals surface area (Å²) in [6.45, 7) is 0. The van der Waals surface area contributed by atoms with Crippen LogP contribution in [0, 0.1) is 5.82 Å². The summed E-state index contributed by atoms with van der Waals surface area (Å²) in [6.07, 6.45) is -4.00. The number of benzene rings is 2. The normalized spacial score (nSPS) is 11.5. The fourth-order valence-corrected chi connectivity index (χ4v) is 2.58. The van der Waals surface area contributed by atoms with Crippen molar-refractivity contribution in [3.8, 4) is 17.0 Å². The van der Waals surface area contributed by atoms with Crippen LogP contribution in [0.2, 0.25) is 0 Å². The summed E-state index contributed by atoms with van der Waals surface area (Å²) in [4.78, 5) is 3.28. The molecule has 0 unspecified atom stereocenters. The van der Waals surface area contributed by atoms with Gasteiger partial charge in [0.25, 0.3) is 0 Å². The standard InChI is InChI=1S/C10H7F3N2O3S.C7H7FO/c11-10(12,13)9-8(15-5-18-9)6-1-3-7(4-2-6)19(14,16)17;1-9-7-5-3-2-4-6(7)8/h1-5H,(H2,14,16,17);2-5H,1H3. The topological polar surface area (TPSA) is 95.4 Å². The van der Waals surface area contributed by atoms with Gasteiger partial charge in [-0.25, -0.2) is 22.9 Å². The van der Waals surface area contributed by atoms with Crippen molar-refractivity contribution in [3.63, 3.8) is 0 Å². The highest BCUT2D eigenvalue weighted by molar-refractivity contribution is 7.89. The summed E-state index contributed by atoms with van der Waals surface area (Å²) in [7, 11) is -2.45. The average Bonchev–Trinajstić information content (AvgIpc) is 3.12. The van der Waals surface area contributed by atoms with Gasteiger partial charge in [0, 0.05) is 5.56 Å². The van der Waals surface area contributed by atoms with E-state index in [0.29, 0.717) is 6.39 Å². The van der Waals surface area contributed by atoms with Gasteiger partial charge in [-0.05, 0) is 24.3 Å². The Bertz CT molecular complexity index is 1030. The summed E-state index contributed by atoms with van der Waals surface area (Å²) in [5, 5.41) is 4.88. The van der Waals surface area contributed by atoms with Crippen molar-refractivity contribution in [3.05, 3.63) is 66.5 Å². The molecule has 11 heteroatoms. The predicted molar refractivity (Wildman–Crippen MR) is 91.3 cm³/mol. The SMILES string of the molecule is COc1ccccc1F.NS(=O)(=O)c1ccc(-c2ncoc2C(F)(F)F)cc1. The van der Waals surface area contributed by atoms with Crippen LogP contribution in [-0.4, -0.2) is 20.5 Å². The maximum atomic E-state index is 12.6. The smallest absolute Gasteiger partial charge is 0.451 e. The van der Waals surface area contributed by atoms with Crippen LogP contribution in [0.15, 0.2) is 64.2 Å². The molecular weight excluding hydrogens is 404 g/mol. The van der Waals surface area contributed by atoms with Crippen molar-refractivity contribution >= 4 is 10.0 Å². The van der Waals surface area contributed by atoms with Crippen molar-refractivity contribution < 1.29 is 35.1 Å². The quantitative estimate of drug-likeness (QED) is 0.652. The van der Waals surface area contributed by atoms with Gasteiger partial charge in [0.2, 0.25) is 15.8 Å². The van der Waals surface area contributed by atoms with Crippen LogP contribution in [-0.2, 0) is 16.2 Å². The molecule has 0 fully saturated rings. The molecule has 0 aliphatic rings. The summed E-state index contributed by atoms with van der Waals surface area (Å²) in [5.74, 6) is -1.27. The minimum atomic E-state index is -4.68. The molecule has 28 heavy (non-hydrogen) atoms. The van der Waals surface area contributed by atoms with E-state index in [0.717, 1.165) is 12.1 Å². The number of hydrogen-bond donors (Lipinski definition) is 1. The first-order valence-corrected chi connectivity index (χ1v) is 9.01. The van der Waals surface area contributed by atoms with Crippen LogP contribution in [0.25, 0.3) is 11.3 Å². The second-order valence-corrected chi connectivity index (χ2v) is 6.79. The number of alkyl halides is 3. The Balaban J connectivity index is 0.000000261. The molecule has 0 saturated heterocycles. The van der Waals surface area contributed by atoms with Gasteiger partial charge in [0.15, 0.2) is 18.0 Å². The van der Waals surface area contributed by atoms with E-state index in [4.69, 9.17) is 5.14 Å². The first-order valence-electron chi connectivity index (χ1n) is 7.46. The van der Waals surface area contributed by atoms with Crippen LogP contribution < -0.4 is 9.88 Å². The number of oxazole rings is 1. The maximum absolute atomic E-state index is 12.6. The third-order valence-electron chi connectivity index (χ3n) is 3.34. The number of hydrogen-bond acceptors (Lipinski definition) is 5. The Hall–Kier alpha value is -2.92. The first kappa shape index (κ1) is 21.4. The summed E-state index contributed by atoms with van der Waals surface area (Å²) >= 11 is 0. The second kappa shape index (κ2) is 8.40. The van der Waals surface area contributed by atoms with Gasteiger partial charge in [0.1, 0.15) is 5.69 Å². The van der Waals surface area contributed by atoms with Gasteiger partial charge in [-0.15, -0.1) is 0 Å². The molecule has 0 aliphatic heterocycles. The van der Waals surface area contributed by atoms with E-state index in [1.807, 2.05) is 0 Å². The van der Waals surface area contributed by atoms with Gasteiger partial charge in [-0.2, -0.15) is 13.2 Å². The number of para-hydroxylation sites is 1. The molecule has 3 aromatic rings. The van der Waals surface area contributed by atoms with Gasteiger partial charge < -0.3 is 9.15 Å². The molecule has 0 bridgehead atoms. The monoisotopic (exact) mass is 418 g/mol. The lowest BCUT2D eigenvalue weighted by atomic mass is 10.1. The molecule has 1 heterocycles. The molecule has 0 spiro atoms. The summed E-state index contributed by atoms with van der Waals surface area (Å²) in [5.41, 5.74) is -0.332. The molecule has 2 N–H and O–H groups in total. The Morgan fingerprint density at radius 1 is 1.07 bits per heavy atom. The molecule has 0 amide bonds. The Kier molecular flexibility index (Phi) is 6.41. The Morgan fingerprint density at radius 3 is 2.14 bits per heavy atom. The predicted octanol–water partition coefficient (Wildman–Crippen LogP) is 3.84. The molecule has 0 radical (unpaired) electrons. The lowest BCUT2D eigenvalue weighted by molar-refractivity contribution is -0.152. The van der Waals surface area contributed by atoms with E-state index in [-0.39, 0.29) is 22.0 Å². The molecule has 0 aliphatic carbocycles. The second-order valence-electron chi connectivity index (χ2n) is 5.23. The highest BCUT2D eigenvalue weighted by atomic mass is 32.2. The van der Waals surface area contributed by atoms with Crippen LogP contribution in [0.4, 0.5) is 17.6 Å². The average molecular weight is 418 g/mol. The number of nitrogens with two attached hydrogens (primary N) is 1. The fourth-order valence-electron chi connectivity index (χ4n) is 2.07. The zero-order valence-corrected chi connectivity index (χ0v) is 15.1. The molecule has 1 aromatic heterocycles. The molecular formula is C17H14F4N2O4S. The van der Waals surface area contributed by atoms with Crippen LogP contribution in [0.3, 0.4) is 0 Å². The van der Waals surface area contributed by atoms with E-state index in [1.165, 1.54) is 25.3 Å². The van der Waals surface area contributed by atoms with Crippen molar-refractivity contribution in [1.82, 2.24) is 4.98 Å². The Labute approximate surface area is 157 Å². The van der Waals surface area contributed by atoms with Gasteiger partial charge >= 0.3 is 6.18 Å². The van der Waals surface area contributed by atoms with E-state index in [9.17, 15) is 26.0 Å². The molecule has 3 rings (SSSR count). The van der Waals surface area contributed by atoms with Gasteiger partial charge in [-0.1, -0.05) is 24.3 Å². The van der Waals surface area contributed by atoms with E-state index < -0.39 is 27.7 Å². The van der Waals surface area contributed by atoms with E-state index in [2.05, 4.69) is 14.1 Å². The molecule has 6 nitrogen and oxygen atoms in total. The molecule has 0 saturated carbocycles. The largest absolute Gasteiger partial charge is 0.494 e. The first-order chi connectivity index (χ1) is 13.0. The number of ether oxygens (including phenoxy) is 1. The van der Waals surface area contributed by atoms with Crippen LogP contribution in [0.5, 0.6) is 5.75 Å². The number of rotatable bonds is 3. The molecule has 0 atom stereocenters. The van der Waals surface area contributed by atoms with Crippen molar-refractivity contribution in [2.75, 3.05) is 7.11 Å². The third kappa shape index (κ3) is 5.30. The third-order valence-corrected chi connectivity index (χ3v) is 4.27. The van der Waals surface area contributed by atoms with Crippen LogP contribution in [0.1, 0.15) is 5.76 Å². The number of nitrogens with zero attached hydrogens (tertiary/aromatic N) is 1. The Morgan fingerprint density at radius 2 is 1.68 bits per heavy atom. The number of aromatic nitrogens is 1. The van der Waals surface area contributed by atoms with Gasteiger partial charge in [0.05, 0.1) is 12.0 Å². The highest BCUT2D eigenvalue weighted by Crippen LogP contribution is 2.36. The van der Waals surface area contributed by atoms with E-state index >= 15 is 0 Å². The van der Waals surface area contributed by atoms with Crippen LogP contribution >= 0.6 is 0 Å². The minimum Gasteiger partial charge on any atom is -0.494 e. The fraction of sp³-hybridized carbons (Fsp3) is 0.118. The number of sulfonamides is 1. The number of methoxy groups -OCH3 is 1. The molecule has 150 valence electrons. The van der Waals surface area contributed by atoms with Crippen molar-refractivity contribution in [2.45, 2.75) is 11.1 Å². The zero-order chi connectivity index (χ0) is 20.9. The zero-order valence-electron chi connectivity index (χ0n) is 14.3. The lowest BCUT2D eigenvalue weighted by Crippen LogP contribution is -2.11. The number of primary sulfonamides is 1. The van der Waals surface area contributed by atoms with Crippen molar-refractivity contribution in [1.29, 1.82) is 0 Å². The maximum Gasteiger partial charge on any atom is 0.451 e. The van der Waals surface area contributed by atoms with Gasteiger partial charge in [-0.3, -0.25) is 0 Å². The minimum absolute atomic E-state index is 0.0773.